The Labute approximate surface area is 107 Å². The van der Waals surface area contributed by atoms with Gasteiger partial charge in [-0.2, -0.15) is 5.10 Å². The van der Waals surface area contributed by atoms with E-state index in [1.165, 1.54) is 29.1 Å². The van der Waals surface area contributed by atoms with Gasteiger partial charge in [0.05, 0.1) is 16.2 Å². The molecular weight excluding hydrogens is 266 g/mol. The molecule has 0 saturated heterocycles. The zero-order valence-electron chi connectivity index (χ0n) is 8.75. The summed E-state index contributed by atoms with van der Waals surface area (Å²) in [7, 11) is 1.58. The molecule has 0 aliphatic carbocycles. The average Bonchev–Trinajstić information content (AvgIpc) is 2.62. The van der Waals surface area contributed by atoms with E-state index in [1.807, 2.05) is 0 Å². The van der Waals surface area contributed by atoms with E-state index >= 15 is 0 Å². The lowest BCUT2D eigenvalue weighted by Gasteiger charge is -2.05. The van der Waals surface area contributed by atoms with Crippen LogP contribution in [0.3, 0.4) is 0 Å². The van der Waals surface area contributed by atoms with E-state index in [1.54, 1.807) is 7.05 Å². The normalized spacial score (nSPS) is 10.6. The second-order valence-electron chi connectivity index (χ2n) is 3.40. The van der Waals surface area contributed by atoms with E-state index in [-0.39, 0.29) is 21.3 Å². The van der Waals surface area contributed by atoms with E-state index in [0.717, 1.165) is 0 Å². The Morgan fingerprint density at radius 1 is 1.41 bits per heavy atom. The molecule has 2 rings (SSSR count). The average molecular weight is 273 g/mol. The van der Waals surface area contributed by atoms with Gasteiger partial charge >= 0.3 is 0 Å². The summed E-state index contributed by atoms with van der Waals surface area (Å²) in [6.45, 7) is 0. The molecule has 2 aromatic rings. The van der Waals surface area contributed by atoms with Crippen LogP contribution < -0.4 is 0 Å². The van der Waals surface area contributed by atoms with Crippen LogP contribution in [-0.2, 0) is 7.05 Å². The van der Waals surface area contributed by atoms with Crippen molar-refractivity contribution in [2.75, 3.05) is 0 Å². The third kappa shape index (κ3) is 2.06. The third-order valence-electron chi connectivity index (χ3n) is 2.31. The van der Waals surface area contributed by atoms with Gasteiger partial charge in [-0.25, -0.2) is 4.39 Å². The number of carbonyl (C=O) groups is 1. The van der Waals surface area contributed by atoms with Gasteiger partial charge < -0.3 is 0 Å². The number of rotatable bonds is 2. The highest BCUT2D eigenvalue weighted by molar-refractivity contribution is 6.37. The number of nitrogens with zero attached hydrogens (tertiary/aromatic N) is 2. The molecule has 0 aliphatic rings. The molecule has 0 amide bonds. The lowest BCUT2D eigenvalue weighted by atomic mass is 10.1. The van der Waals surface area contributed by atoms with Crippen molar-refractivity contribution < 1.29 is 9.18 Å². The van der Waals surface area contributed by atoms with Gasteiger partial charge in [-0.15, -0.1) is 0 Å². The molecule has 0 atom stereocenters. The number of benzene rings is 1. The Hall–Kier alpha value is -1.39. The quantitative estimate of drug-likeness (QED) is 0.788. The summed E-state index contributed by atoms with van der Waals surface area (Å²) in [5, 5.41) is 3.84. The second kappa shape index (κ2) is 4.47. The molecule has 3 nitrogen and oxygen atoms in total. The molecule has 1 aromatic heterocycles. The summed E-state index contributed by atoms with van der Waals surface area (Å²) in [6.07, 6.45) is 1.35. The van der Waals surface area contributed by atoms with E-state index in [9.17, 15) is 9.18 Å². The Morgan fingerprint density at radius 3 is 2.71 bits per heavy atom. The lowest BCUT2D eigenvalue weighted by Crippen LogP contribution is -2.09. The van der Waals surface area contributed by atoms with Crippen molar-refractivity contribution in [2.45, 2.75) is 0 Å². The fourth-order valence-corrected chi connectivity index (χ4v) is 1.94. The maximum Gasteiger partial charge on any atom is 0.214 e. The Morgan fingerprint density at radius 2 is 2.12 bits per heavy atom. The van der Waals surface area contributed by atoms with Gasteiger partial charge in [0.2, 0.25) is 5.78 Å². The summed E-state index contributed by atoms with van der Waals surface area (Å²) >= 11 is 11.6. The zero-order chi connectivity index (χ0) is 12.6. The number of hydrogen-bond donors (Lipinski definition) is 0. The second-order valence-corrected chi connectivity index (χ2v) is 4.18. The molecule has 88 valence electrons. The van der Waals surface area contributed by atoms with Crippen LogP contribution in [0.5, 0.6) is 0 Å². The maximum atomic E-state index is 13.2. The molecule has 0 bridgehead atoms. The molecule has 0 N–H and O–H groups in total. The van der Waals surface area contributed by atoms with Crippen LogP contribution in [0, 0.1) is 5.82 Å². The summed E-state index contributed by atoms with van der Waals surface area (Å²) < 4.78 is 14.6. The summed E-state index contributed by atoms with van der Waals surface area (Å²) in [5.41, 5.74) is 0.247. The highest BCUT2D eigenvalue weighted by Crippen LogP contribution is 2.25. The molecule has 0 saturated carbocycles. The first kappa shape index (κ1) is 12.1. The molecule has 6 heteroatoms. The fourth-order valence-electron chi connectivity index (χ4n) is 1.47. The maximum absolute atomic E-state index is 13.2. The van der Waals surface area contributed by atoms with Crippen molar-refractivity contribution in [2.24, 2.45) is 7.05 Å². The van der Waals surface area contributed by atoms with E-state index in [4.69, 9.17) is 23.2 Å². The number of hydrogen-bond acceptors (Lipinski definition) is 2. The lowest BCUT2D eigenvalue weighted by molar-refractivity contribution is 0.103. The predicted octanol–water partition coefficient (Wildman–Crippen LogP) is 3.10. The largest absolute Gasteiger partial charge is 0.287 e. The first-order chi connectivity index (χ1) is 8.02. The van der Waals surface area contributed by atoms with Crippen LogP contribution in [-0.4, -0.2) is 15.6 Å². The zero-order valence-corrected chi connectivity index (χ0v) is 10.3. The standard InChI is InChI=1S/C11H7Cl2FN2O/c1-16-10(7(12)5-15-16)11(17)6-3-2-4-8(14)9(6)13/h2-5H,1H3. The number of ketones is 1. The minimum atomic E-state index is -0.643. The highest BCUT2D eigenvalue weighted by Gasteiger charge is 2.21. The first-order valence-electron chi connectivity index (χ1n) is 4.68. The van der Waals surface area contributed by atoms with Crippen LogP contribution in [0.15, 0.2) is 24.4 Å². The van der Waals surface area contributed by atoms with Gasteiger partial charge in [0, 0.05) is 12.6 Å². The summed E-state index contributed by atoms with van der Waals surface area (Å²) in [4.78, 5) is 12.1. The van der Waals surface area contributed by atoms with Crippen molar-refractivity contribution in [1.29, 1.82) is 0 Å². The summed E-state index contributed by atoms with van der Waals surface area (Å²) in [5.74, 6) is -1.10. The van der Waals surface area contributed by atoms with Gasteiger partial charge in [0.1, 0.15) is 11.5 Å². The molecule has 0 aliphatic heterocycles. The van der Waals surface area contributed by atoms with Crippen LogP contribution in [0.4, 0.5) is 4.39 Å². The Kier molecular flexibility index (Phi) is 3.17. The fraction of sp³-hybridized carbons (Fsp3) is 0.0909. The molecule has 1 heterocycles. The molecule has 0 fully saturated rings. The minimum absolute atomic E-state index is 0.0668. The molecule has 0 radical (unpaired) electrons. The van der Waals surface area contributed by atoms with Gasteiger partial charge in [-0.1, -0.05) is 29.3 Å². The Bertz CT molecular complexity index is 576. The molecule has 17 heavy (non-hydrogen) atoms. The molecule has 1 aromatic carbocycles. The predicted molar refractivity (Wildman–Crippen MR) is 63.1 cm³/mol. The van der Waals surface area contributed by atoms with Gasteiger partial charge in [-0.3, -0.25) is 9.48 Å². The van der Waals surface area contributed by atoms with Crippen molar-refractivity contribution in [3.05, 3.63) is 51.5 Å². The molecule has 0 spiro atoms. The van der Waals surface area contributed by atoms with Crippen molar-refractivity contribution in [3.63, 3.8) is 0 Å². The van der Waals surface area contributed by atoms with Crippen LogP contribution in [0.1, 0.15) is 16.1 Å². The van der Waals surface area contributed by atoms with E-state index < -0.39 is 11.6 Å². The number of aromatic nitrogens is 2. The number of carbonyl (C=O) groups excluding carboxylic acids is 1. The van der Waals surface area contributed by atoms with Gasteiger partial charge in [-0.05, 0) is 12.1 Å². The van der Waals surface area contributed by atoms with Crippen molar-refractivity contribution in [3.8, 4) is 0 Å². The topological polar surface area (TPSA) is 34.9 Å². The monoisotopic (exact) mass is 272 g/mol. The third-order valence-corrected chi connectivity index (χ3v) is 2.97. The summed E-state index contributed by atoms with van der Waals surface area (Å²) in [6, 6.07) is 4.04. The smallest absolute Gasteiger partial charge is 0.214 e. The highest BCUT2D eigenvalue weighted by atomic mass is 35.5. The van der Waals surface area contributed by atoms with Crippen LogP contribution >= 0.6 is 23.2 Å². The SMILES string of the molecule is Cn1ncc(Cl)c1C(=O)c1cccc(F)c1Cl. The van der Waals surface area contributed by atoms with Crippen LogP contribution in [0.2, 0.25) is 10.0 Å². The number of halogens is 3. The minimum Gasteiger partial charge on any atom is -0.287 e. The number of aryl methyl sites for hydroxylation is 1. The van der Waals surface area contributed by atoms with E-state index in [0.29, 0.717) is 0 Å². The molecule has 0 unspecified atom stereocenters. The van der Waals surface area contributed by atoms with E-state index in [2.05, 4.69) is 5.10 Å². The van der Waals surface area contributed by atoms with Crippen molar-refractivity contribution >= 4 is 29.0 Å². The van der Waals surface area contributed by atoms with Crippen LogP contribution in [0.25, 0.3) is 0 Å². The Balaban J connectivity index is 2.55. The van der Waals surface area contributed by atoms with Crippen molar-refractivity contribution in [1.82, 2.24) is 9.78 Å². The molecular formula is C11H7Cl2FN2O. The van der Waals surface area contributed by atoms with Gasteiger partial charge in [0.25, 0.3) is 0 Å². The van der Waals surface area contributed by atoms with Gasteiger partial charge in [0.15, 0.2) is 0 Å². The first-order valence-corrected chi connectivity index (χ1v) is 5.44.